The quantitative estimate of drug-likeness (QED) is 0.179. The third kappa shape index (κ3) is 6.16. The molecule has 0 atom stereocenters. The van der Waals surface area contributed by atoms with E-state index in [9.17, 15) is 22.4 Å². The Hall–Kier alpha value is -4.07. The van der Waals surface area contributed by atoms with Gasteiger partial charge in [-0.25, -0.2) is 9.37 Å². The molecule has 0 saturated carbocycles. The van der Waals surface area contributed by atoms with E-state index in [0.717, 1.165) is 6.07 Å². The average molecular weight is 587 g/mol. The molecule has 41 heavy (non-hydrogen) atoms. The molecule has 0 bridgehead atoms. The summed E-state index contributed by atoms with van der Waals surface area (Å²) in [7, 11) is 5.13. The highest BCUT2D eigenvalue weighted by Crippen LogP contribution is 2.36. The molecule has 0 saturated heterocycles. The van der Waals surface area contributed by atoms with Crippen LogP contribution in [0.4, 0.5) is 17.6 Å². The molecule has 0 fully saturated rings. The molecule has 2 aromatic heterocycles. The fraction of sp³-hybridized carbons (Fsp3) is 0.267. The van der Waals surface area contributed by atoms with Crippen molar-refractivity contribution in [3.05, 3.63) is 87.3 Å². The van der Waals surface area contributed by atoms with Gasteiger partial charge >= 0.3 is 6.18 Å². The van der Waals surface area contributed by atoms with Gasteiger partial charge in [0.25, 0.3) is 5.91 Å². The zero-order chi connectivity index (χ0) is 30.1. The van der Waals surface area contributed by atoms with Gasteiger partial charge in [0.05, 0.1) is 29.0 Å². The molecule has 0 aliphatic heterocycles. The maximum absolute atomic E-state index is 14.2. The van der Waals surface area contributed by atoms with E-state index in [1.807, 2.05) is 19.0 Å². The summed E-state index contributed by atoms with van der Waals surface area (Å²) in [5.74, 6) is 1.99. The zero-order valence-corrected chi connectivity index (χ0v) is 23.6. The molecule has 0 radical (unpaired) electrons. The Morgan fingerprint density at radius 2 is 1.85 bits per heavy atom. The average Bonchev–Trinajstić information content (AvgIpc) is 3.31. The van der Waals surface area contributed by atoms with Crippen molar-refractivity contribution in [3.63, 3.8) is 0 Å². The van der Waals surface area contributed by atoms with Gasteiger partial charge in [-0.1, -0.05) is 23.6 Å². The summed E-state index contributed by atoms with van der Waals surface area (Å²) in [5, 5.41) is -0.464. The lowest BCUT2D eigenvalue weighted by Gasteiger charge is -2.25. The van der Waals surface area contributed by atoms with Gasteiger partial charge in [0.15, 0.2) is 17.2 Å². The molecule has 6 nitrogen and oxygen atoms in total. The number of hydrogen-bond acceptors (Lipinski definition) is 4. The largest absolute Gasteiger partial charge is 0.482 e. The highest BCUT2D eigenvalue weighted by Gasteiger charge is 2.33. The summed E-state index contributed by atoms with van der Waals surface area (Å²) in [6.07, 6.45) is 1.13. The number of amides is 1. The summed E-state index contributed by atoms with van der Waals surface area (Å²) >= 11 is 5.96. The molecule has 214 valence electrons. The van der Waals surface area contributed by atoms with E-state index in [4.69, 9.17) is 22.8 Å². The highest BCUT2D eigenvalue weighted by atomic mass is 35.5. The van der Waals surface area contributed by atoms with E-state index < -0.39 is 28.5 Å². The minimum atomic E-state index is -4.61. The van der Waals surface area contributed by atoms with Crippen molar-refractivity contribution in [2.24, 2.45) is 0 Å². The van der Waals surface area contributed by atoms with Gasteiger partial charge in [-0.15, -0.1) is 6.42 Å². The molecule has 1 amide bonds. The monoisotopic (exact) mass is 586 g/mol. The number of likely N-dealkylation sites (N-methyl/N-ethyl adjacent to an activating group) is 1. The van der Waals surface area contributed by atoms with E-state index in [2.05, 4.69) is 10.9 Å². The van der Waals surface area contributed by atoms with Crippen LogP contribution in [0.1, 0.15) is 32.7 Å². The van der Waals surface area contributed by atoms with Gasteiger partial charge in [-0.05, 0) is 68.5 Å². The van der Waals surface area contributed by atoms with Gasteiger partial charge in [0.2, 0.25) is 0 Å². The molecule has 0 unspecified atom stereocenters. The number of methoxy groups -OCH3 is 1. The van der Waals surface area contributed by atoms with E-state index >= 15 is 0 Å². The van der Waals surface area contributed by atoms with Gasteiger partial charge in [-0.3, -0.25) is 9.20 Å². The molecule has 4 aromatic rings. The number of pyridine rings is 1. The number of rotatable bonds is 8. The molecule has 2 aromatic carbocycles. The molecule has 2 heterocycles. The number of benzene rings is 2. The van der Waals surface area contributed by atoms with Crippen LogP contribution in [0.2, 0.25) is 5.02 Å². The molecular weight excluding hydrogens is 560 g/mol. The molecule has 0 N–H and O–H groups in total. The first-order valence-electron chi connectivity index (χ1n) is 12.5. The van der Waals surface area contributed by atoms with Crippen LogP contribution in [0.5, 0.6) is 5.88 Å². The van der Waals surface area contributed by atoms with Crippen LogP contribution in [0.25, 0.3) is 16.9 Å². The van der Waals surface area contributed by atoms with Crippen molar-refractivity contribution in [1.29, 1.82) is 0 Å². The molecule has 4 rings (SSSR count). The summed E-state index contributed by atoms with van der Waals surface area (Å²) in [5.41, 5.74) is 1.34. The SMILES string of the molecule is C#Cc1ccc(OC)n2c(-c3ccc(F)c(C)c3)c(C(=O)N(CCN(C)C)Cc3ccc(C(F)(F)F)c(Cl)c3)nc12. The Kier molecular flexibility index (Phi) is 8.61. The molecular formula is C30H27ClF4N4O2. The Bertz CT molecular complexity index is 1660. The topological polar surface area (TPSA) is 50.1 Å². The maximum atomic E-state index is 14.2. The second-order valence-corrected chi connectivity index (χ2v) is 10.1. The number of imidazole rings is 1. The van der Waals surface area contributed by atoms with Crippen LogP contribution in [0.15, 0.2) is 48.5 Å². The van der Waals surface area contributed by atoms with E-state index in [-0.39, 0.29) is 24.4 Å². The number of fused-ring (bicyclic) bond motifs is 1. The summed E-state index contributed by atoms with van der Waals surface area (Å²) in [4.78, 5) is 22.2. The van der Waals surface area contributed by atoms with E-state index in [1.54, 1.807) is 29.5 Å². The van der Waals surface area contributed by atoms with Crippen molar-refractivity contribution in [1.82, 2.24) is 19.2 Å². The van der Waals surface area contributed by atoms with Gasteiger partial charge in [-0.2, -0.15) is 13.2 Å². The van der Waals surface area contributed by atoms with Crippen LogP contribution in [-0.4, -0.2) is 59.4 Å². The fourth-order valence-corrected chi connectivity index (χ4v) is 4.74. The fourth-order valence-electron chi connectivity index (χ4n) is 4.43. The normalized spacial score (nSPS) is 11.6. The van der Waals surface area contributed by atoms with Crippen LogP contribution in [0, 0.1) is 25.1 Å². The molecule has 0 aliphatic rings. The third-order valence-electron chi connectivity index (χ3n) is 6.55. The molecule has 0 spiro atoms. The second-order valence-electron chi connectivity index (χ2n) is 9.71. The Balaban J connectivity index is 1.90. The van der Waals surface area contributed by atoms with Crippen molar-refractivity contribution >= 4 is 23.2 Å². The highest BCUT2D eigenvalue weighted by molar-refractivity contribution is 6.31. The number of ether oxygens (including phenoxy) is 1. The van der Waals surface area contributed by atoms with Crippen molar-refractivity contribution in [2.75, 3.05) is 34.3 Å². The Morgan fingerprint density at radius 3 is 2.44 bits per heavy atom. The number of halogens is 5. The number of aromatic nitrogens is 2. The van der Waals surface area contributed by atoms with Gasteiger partial charge in [0.1, 0.15) is 5.82 Å². The first kappa shape index (κ1) is 29.9. The standard InChI is InChI=1S/C30H27ClF4N4O2/c1-6-20-9-12-25(41-5)39-27(21-8-11-24(32)18(2)15-21)26(36-28(20)39)29(40)38(14-13-37(3)4)17-19-7-10-22(23(31)16-19)30(33,34)35/h1,7-12,15-16H,13-14,17H2,2-5H3. The van der Waals surface area contributed by atoms with Crippen molar-refractivity contribution in [3.8, 4) is 29.5 Å². The molecule has 11 heteroatoms. The number of carbonyl (C=O) groups is 1. The zero-order valence-electron chi connectivity index (χ0n) is 22.8. The van der Waals surface area contributed by atoms with E-state index in [0.29, 0.717) is 40.4 Å². The number of terminal acetylenes is 1. The minimum Gasteiger partial charge on any atom is -0.482 e. The minimum absolute atomic E-state index is 0.0220. The lowest BCUT2D eigenvalue weighted by atomic mass is 10.1. The number of aryl methyl sites for hydroxylation is 1. The van der Waals surface area contributed by atoms with Crippen molar-refractivity contribution in [2.45, 2.75) is 19.6 Å². The Labute approximate surface area is 240 Å². The summed E-state index contributed by atoms with van der Waals surface area (Å²) in [6.45, 7) is 2.24. The summed E-state index contributed by atoms with van der Waals surface area (Å²) in [6, 6.07) is 11.1. The van der Waals surface area contributed by atoms with Gasteiger partial charge in [0, 0.05) is 31.3 Å². The predicted molar refractivity (Wildman–Crippen MR) is 150 cm³/mol. The lowest BCUT2D eigenvalue weighted by Crippen LogP contribution is -2.36. The third-order valence-corrected chi connectivity index (χ3v) is 6.86. The lowest BCUT2D eigenvalue weighted by molar-refractivity contribution is -0.137. The smallest absolute Gasteiger partial charge is 0.417 e. The number of nitrogens with zero attached hydrogens (tertiary/aromatic N) is 4. The molecule has 0 aliphatic carbocycles. The van der Waals surface area contributed by atoms with Crippen molar-refractivity contribution < 1.29 is 27.1 Å². The summed E-state index contributed by atoms with van der Waals surface area (Å²) < 4.78 is 61.2. The number of carbonyl (C=O) groups excluding carboxylic acids is 1. The van der Waals surface area contributed by atoms with Crippen LogP contribution >= 0.6 is 11.6 Å². The first-order chi connectivity index (χ1) is 19.3. The Morgan fingerprint density at radius 1 is 1.12 bits per heavy atom. The van der Waals surface area contributed by atoms with Crippen LogP contribution < -0.4 is 4.74 Å². The number of alkyl halides is 3. The van der Waals surface area contributed by atoms with Crippen LogP contribution in [0.3, 0.4) is 0 Å². The predicted octanol–water partition coefficient (Wildman–Crippen LogP) is 6.31. The second kappa shape index (κ2) is 11.8. The number of hydrogen-bond donors (Lipinski definition) is 0. The van der Waals surface area contributed by atoms with E-state index in [1.165, 1.54) is 36.3 Å². The maximum Gasteiger partial charge on any atom is 0.417 e. The van der Waals surface area contributed by atoms with Crippen LogP contribution in [-0.2, 0) is 12.7 Å². The first-order valence-corrected chi connectivity index (χ1v) is 12.9. The van der Waals surface area contributed by atoms with Gasteiger partial charge < -0.3 is 14.5 Å².